The minimum absolute atomic E-state index is 0.0506. The van der Waals surface area contributed by atoms with Crippen LogP contribution in [0.1, 0.15) is 95.2 Å². The van der Waals surface area contributed by atoms with E-state index in [9.17, 15) is 55.0 Å². The van der Waals surface area contributed by atoms with Crippen LogP contribution in [0.5, 0.6) is 17.2 Å². The molecule has 5 aromatic rings. The first-order valence-electron chi connectivity index (χ1n) is 33.4. The number of sulfonamides is 1. The number of amides is 2. The second-order valence-corrected chi connectivity index (χ2v) is 65.1. The van der Waals surface area contributed by atoms with Crippen molar-refractivity contribution in [1.82, 2.24) is 19.4 Å². The molecule has 4 aliphatic heterocycles. The van der Waals surface area contributed by atoms with Gasteiger partial charge in [0, 0.05) is 45.8 Å². The summed E-state index contributed by atoms with van der Waals surface area (Å²) in [5.74, 6) is -2.23. The number of esters is 2. The fraction of sp³-hybridized carbons (Fsp3) is 0.486. The summed E-state index contributed by atoms with van der Waals surface area (Å²) in [6.45, 7) is 21.7. The van der Waals surface area contributed by atoms with Crippen molar-refractivity contribution in [2.45, 2.75) is 148 Å². The summed E-state index contributed by atoms with van der Waals surface area (Å²) >= 11 is 7.39. The number of alkyl halides is 3. The van der Waals surface area contributed by atoms with Crippen LogP contribution in [-0.2, 0) is 109 Å². The van der Waals surface area contributed by atoms with Crippen LogP contribution in [0.4, 0.5) is 18.0 Å². The van der Waals surface area contributed by atoms with Crippen molar-refractivity contribution < 1.29 is 106 Å². The second kappa shape index (κ2) is 43.6. The van der Waals surface area contributed by atoms with E-state index < -0.39 is 92.1 Å². The predicted octanol–water partition coefficient (Wildman–Crippen LogP) is 14.7. The summed E-state index contributed by atoms with van der Waals surface area (Å²) in [6.07, 6.45) is -9.03. The molecule has 0 bridgehead atoms. The Hall–Kier alpha value is -4.39. The summed E-state index contributed by atoms with van der Waals surface area (Å²) in [6, 6.07) is 32.7. The third-order valence-corrected chi connectivity index (χ3v) is 21.5. The molecule has 0 spiro atoms. The third-order valence-electron chi connectivity index (χ3n) is 15.9. The minimum atomic E-state index is -4.92. The van der Waals surface area contributed by atoms with Gasteiger partial charge in [0.1, 0.15) is 23.4 Å². The molecule has 2 fully saturated rings. The van der Waals surface area contributed by atoms with Gasteiger partial charge in [-0.3, -0.25) is 18.7 Å². The molecule has 33 heteroatoms. The fourth-order valence-corrected chi connectivity index (χ4v) is 16.6. The summed E-state index contributed by atoms with van der Waals surface area (Å²) < 4.78 is 151. The van der Waals surface area contributed by atoms with Gasteiger partial charge in [-0.25, -0.2) is 31.9 Å². The van der Waals surface area contributed by atoms with Crippen molar-refractivity contribution in [2.75, 3.05) is 66.3 Å². The normalized spacial score (nSPS) is 18.5. The third kappa shape index (κ3) is 28.6. The number of aliphatic hydroxyl groups excluding tert-OH is 1. The van der Waals surface area contributed by atoms with Gasteiger partial charge in [0.15, 0.2) is 18.5 Å². The van der Waals surface area contributed by atoms with E-state index in [1.165, 1.54) is 37.4 Å². The zero-order valence-corrected chi connectivity index (χ0v) is 69.5. The summed E-state index contributed by atoms with van der Waals surface area (Å²) in [5, 5.41) is 14.8. The van der Waals surface area contributed by atoms with Crippen LogP contribution in [0.3, 0.4) is 0 Å². The summed E-state index contributed by atoms with van der Waals surface area (Å²) in [5.41, 5.74) is 4.55. The predicted molar refractivity (Wildman–Crippen MR) is 406 cm³/mol. The van der Waals surface area contributed by atoms with E-state index in [1.807, 2.05) is 45.9 Å². The molecule has 2 unspecified atom stereocenters. The first-order valence-corrected chi connectivity index (χ1v) is 51.8. The monoisotopic (exact) mass is 1880 g/mol. The number of nitrogens with one attached hydrogen (secondary N) is 1. The Morgan fingerprint density at radius 3 is 1.69 bits per heavy atom. The van der Waals surface area contributed by atoms with Gasteiger partial charge < -0.3 is 52.8 Å². The Bertz CT molecular complexity index is 3720. The number of nitrogens with zero attached hydrogens (tertiary/aromatic N) is 3. The number of benzene rings is 5. The average molecular weight is 1880 g/mol. The van der Waals surface area contributed by atoms with E-state index in [1.54, 1.807) is 105 Å². The molecule has 0 saturated carbocycles. The number of carbonyl (C=O) groups excluding carboxylic acids is 4. The van der Waals surface area contributed by atoms with Gasteiger partial charge in [-0.1, -0.05) is 100 Å². The van der Waals surface area contributed by atoms with Gasteiger partial charge in [0.25, 0.3) is 0 Å². The van der Waals surface area contributed by atoms with Crippen molar-refractivity contribution in [2.24, 2.45) is 11.8 Å². The number of fused-ring (bicyclic) bond motifs is 3. The van der Waals surface area contributed by atoms with Crippen molar-refractivity contribution in [3.8, 4) is 17.2 Å². The molecule has 0 aromatic heterocycles. The Labute approximate surface area is 640 Å². The van der Waals surface area contributed by atoms with Crippen molar-refractivity contribution in [1.29, 1.82) is 0 Å². The van der Waals surface area contributed by atoms with Crippen molar-refractivity contribution in [3.05, 3.63) is 168 Å². The second-order valence-electron chi connectivity index (χ2n) is 23.9. The molecule has 0 aliphatic carbocycles. The number of carbonyl (C=O) groups is 4. The number of aliphatic hydroxyl groups is 1. The molecule has 4 aliphatic rings. The van der Waals surface area contributed by atoms with Crippen LogP contribution >= 0.6 is 75.1 Å². The molecule has 103 heavy (non-hydrogen) atoms. The number of ether oxygens (including phenoxy) is 6. The van der Waals surface area contributed by atoms with Gasteiger partial charge in [0.2, 0.25) is 10.0 Å². The number of hydrogen-bond donors (Lipinski definition) is 2. The molecule has 570 valence electrons. The fourth-order valence-electron chi connectivity index (χ4n) is 11.3. The van der Waals surface area contributed by atoms with E-state index in [-0.39, 0.29) is 92.9 Å². The SMILES string of the molecule is C=C.CC.CCOC(=O)[C@H](C)OP(=O)(Cc1ccc2c(c1)CCN(C(=O)C(F)(F)F)C2)Oc1ccccc1.CCOC(=O)[C@H](C)OP(=O)(Cc1ccc2c(c1)CCN(C[C@H](NC(=O)O[C@H]1CO[C@H]3OCC[C@H]31)[C@H](O)CN(CC(C)C)S(=O)(=O)c1ccc(OC)cc1)C2)Oc1ccccc1.[I][V]([I])[I]. The maximum atomic E-state index is 14.2. The quantitative estimate of drug-likeness (QED) is 0.0155. The Kier molecular flexibility index (Phi) is 37.7. The van der Waals surface area contributed by atoms with E-state index >= 15 is 0 Å². The number of alkyl carbamates (subject to hydrolysis) is 1. The Balaban J connectivity index is 0.000000382. The average Bonchev–Trinajstić information content (AvgIpc) is 1.44. The van der Waals surface area contributed by atoms with Crippen LogP contribution in [0.2, 0.25) is 0 Å². The molecule has 2 N–H and O–H groups in total. The van der Waals surface area contributed by atoms with E-state index in [0.29, 0.717) is 66.5 Å². The van der Waals surface area contributed by atoms with Crippen LogP contribution < -0.4 is 19.1 Å². The van der Waals surface area contributed by atoms with E-state index in [0.717, 1.165) is 21.6 Å². The molecular weight excluding hydrogens is 1780 g/mol. The van der Waals surface area contributed by atoms with Crippen LogP contribution in [0, 0.1) is 11.8 Å². The van der Waals surface area contributed by atoms with E-state index in [2.05, 4.69) is 83.3 Å². The summed E-state index contributed by atoms with van der Waals surface area (Å²) in [7, 11) is -10.4. The first kappa shape index (κ1) is 89.2. The standard InChI is InChI=1S/C43H58N3O13PS.C23H25F3NO6P.C2H6.C2H4.3HI.V/c1-6-54-41(48)30(4)58-60(50,59-35-10-8-7-9-11-35)28-31-12-13-33-24-45(20-18-32(33)22-31)25-38(44-43(49)57-40-27-56-42-37(40)19-21-55-42)39(47)26-46(23-29(2)3)61(51,52)36-16-14-34(53-5)15-17-36;1-3-31-21(28)16(2)32-34(30,33-20-7-5-4-6-8-20)15-17-9-10-19-14-27(12-11-18(19)13-17)22(29)23(24,25)26;2*1-2;;;;/h7-17,22,29-30,37-40,42,47H,6,18-21,23-28H2,1-5H3,(H,44,49);4-10,13,16H,3,11-12,14-15H2,1-2H3;1-2H3;1-2H2;3*1H;/q;;;;;;;+3/p-3/t30-,37-,38-,39+,40-,42+,60?;16-,34?;;;;;;/m00....../s1. The molecular formula is C70H93F3I3N4O19P2SV. The van der Waals surface area contributed by atoms with E-state index in [4.69, 9.17) is 46.5 Å². The zero-order valence-electron chi connectivity index (χ0n) is 59.0. The molecule has 9 rings (SSSR count). The molecule has 2 amide bonds. The molecule has 2 saturated heterocycles. The number of hydrogen-bond acceptors (Lipinski definition) is 20. The molecule has 23 nitrogen and oxygen atoms in total. The number of rotatable bonds is 28. The van der Waals surface area contributed by atoms with Crippen LogP contribution in [0.15, 0.2) is 139 Å². The van der Waals surface area contributed by atoms with Crippen molar-refractivity contribution in [3.63, 3.8) is 0 Å². The van der Waals surface area contributed by atoms with Crippen LogP contribution in [0.25, 0.3) is 0 Å². The van der Waals surface area contributed by atoms with Gasteiger partial charge in [-0.15, -0.1) is 13.2 Å². The number of para-hydroxylation sites is 2. The Morgan fingerprint density at radius 1 is 0.718 bits per heavy atom. The number of methoxy groups -OCH3 is 1. The topological polar surface area (TPSA) is 271 Å². The number of halogens is 6. The summed E-state index contributed by atoms with van der Waals surface area (Å²) in [4.78, 5) is 52.2. The molecule has 5 aromatic carbocycles. The first-order chi connectivity index (χ1) is 48.9. The molecule has 0 radical (unpaired) electrons. The van der Waals surface area contributed by atoms with Gasteiger partial charge in [-0.2, -0.15) is 17.5 Å². The van der Waals surface area contributed by atoms with Crippen molar-refractivity contribution >= 4 is 109 Å². The Morgan fingerprint density at radius 2 is 1.21 bits per heavy atom. The van der Waals surface area contributed by atoms with Gasteiger partial charge in [-0.05, 0) is 135 Å². The maximum absolute atomic E-state index is 14.2. The van der Waals surface area contributed by atoms with Gasteiger partial charge in [0.05, 0.1) is 68.8 Å². The van der Waals surface area contributed by atoms with Gasteiger partial charge >= 0.3 is 110 Å². The molecule has 4 heterocycles. The zero-order chi connectivity index (χ0) is 76.2. The molecule has 9 atom stereocenters. The van der Waals surface area contributed by atoms with Crippen LogP contribution in [-0.4, -0.2) is 161 Å².